The molecular weight excluding hydrogens is 646 g/mol. The van der Waals surface area contributed by atoms with Gasteiger partial charge in [0.15, 0.2) is 11.4 Å². The van der Waals surface area contributed by atoms with Crippen LogP contribution in [0, 0.1) is 17.8 Å². The van der Waals surface area contributed by atoms with Gasteiger partial charge >= 0.3 is 5.97 Å². The highest BCUT2D eigenvalue weighted by Crippen LogP contribution is 2.54. The van der Waals surface area contributed by atoms with E-state index in [0.717, 1.165) is 5.56 Å². The van der Waals surface area contributed by atoms with Crippen molar-refractivity contribution in [1.82, 2.24) is 10.2 Å². The molecule has 1 unspecified atom stereocenters. The molecule has 5 atom stereocenters. The van der Waals surface area contributed by atoms with Gasteiger partial charge in [0.05, 0.1) is 25.3 Å². The van der Waals surface area contributed by atoms with Crippen LogP contribution in [0.1, 0.15) is 50.3 Å². The molecule has 0 saturated heterocycles. The first-order valence-electron chi connectivity index (χ1n) is 16.6. The van der Waals surface area contributed by atoms with Crippen molar-refractivity contribution in [3.8, 4) is 22.6 Å². The minimum atomic E-state index is -2.72. The average molecular weight is 692 g/mol. The third-order valence-electron chi connectivity index (χ3n) is 9.99. The summed E-state index contributed by atoms with van der Waals surface area (Å²) in [5, 5.41) is 49.0. The number of methoxy groups -OCH3 is 1. The summed E-state index contributed by atoms with van der Waals surface area (Å²) in [5.74, 6) is -6.76. The number of ether oxygens (including phenoxy) is 2. The number of fused-ring (bicyclic) bond motifs is 3. The molecule has 13 heteroatoms. The van der Waals surface area contributed by atoms with E-state index in [1.165, 1.54) is 18.1 Å². The van der Waals surface area contributed by atoms with Gasteiger partial charge < -0.3 is 41.0 Å². The zero-order valence-corrected chi connectivity index (χ0v) is 29.1. The largest absolute Gasteiger partial charge is 0.508 e. The summed E-state index contributed by atoms with van der Waals surface area (Å²) < 4.78 is 11.0. The smallest absolute Gasteiger partial charge is 0.323 e. The van der Waals surface area contributed by atoms with Crippen LogP contribution in [0.4, 0.5) is 0 Å². The van der Waals surface area contributed by atoms with Crippen LogP contribution >= 0.6 is 0 Å². The molecule has 3 aliphatic carbocycles. The van der Waals surface area contributed by atoms with Crippen LogP contribution in [0.2, 0.25) is 0 Å². The number of aliphatic hydroxyl groups excluding tert-OH is 2. The van der Waals surface area contributed by atoms with E-state index >= 15 is 0 Å². The number of amides is 1. The maximum absolute atomic E-state index is 14.2. The van der Waals surface area contributed by atoms with E-state index < -0.39 is 64.1 Å². The van der Waals surface area contributed by atoms with Gasteiger partial charge in [0, 0.05) is 23.6 Å². The first kappa shape index (κ1) is 36.6. The number of phenolic OH excluding ortho intramolecular Hbond substituents is 1. The number of benzene rings is 2. The molecular formula is C37H45N3O10. The van der Waals surface area contributed by atoms with E-state index in [4.69, 9.17) is 15.2 Å². The number of nitrogens with zero attached hydrogens (tertiary/aromatic N) is 1. The minimum absolute atomic E-state index is 0.0244. The molecule has 5 rings (SSSR count). The van der Waals surface area contributed by atoms with Gasteiger partial charge in [0.25, 0.3) is 5.91 Å². The number of nitrogens with two attached hydrogens (primary N) is 1. The standard InChI is InChI=1S/C37H45N3O10/c1-7-50-36(47)24(12-17(2)3)39-16-18-8-11-26(49-6)21(13-18)20-9-10-25(41)28-22(20)14-19-15-23-30(40(4)5)32(43)29(35(38)46)34(45)37(23,48)33(44)27(19)31(28)42/h8-11,13,17,19,23-24,30,39,41-42,45,48H,7,12,14-16H2,1-6H3,(H2,38,46)/t19-,23-,24?,30-,37-/m0/s1. The molecule has 0 bridgehead atoms. The predicted octanol–water partition coefficient (Wildman–Crippen LogP) is 2.71. The maximum atomic E-state index is 14.2. The van der Waals surface area contributed by atoms with Crippen LogP contribution < -0.4 is 15.8 Å². The molecule has 268 valence electrons. The van der Waals surface area contributed by atoms with Crippen molar-refractivity contribution in [3.05, 3.63) is 63.9 Å². The minimum Gasteiger partial charge on any atom is -0.508 e. The van der Waals surface area contributed by atoms with Gasteiger partial charge in [-0.2, -0.15) is 0 Å². The molecule has 2 aromatic rings. The fraction of sp³-hybridized carbons (Fsp3) is 0.459. The Morgan fingerprint density at radius 1 is 1.10 bits per heavy atom. The maximum Gasteiger partial charge on any atom is 0.323 e. The normalized spacial score (nSPS) is 23.8. The summed E-state index contributed by atoms with van der Waals surface area (Å²) in [6.45, 7) is 6.39. The monoisotopic (exact) mass is 691 g/mol. The number of phenols is 1. The molecule has 2 aromatic carbocycles. The second-order valence-electron chi connectivity index (χ2n) is 13.8. The molecule has 1 fully saturated rings. The van der Waals surface area contributed by atoms with Gasteiger partial charge in [0.1, 0.15) is 34.6 Å². The number of aliphatic hydroxyl groups is 3. The molecule has 3 aliphatic rings. The first-order chi connectivity index (χ1) is 23.6. The number of hydrogen-bond donors (Lipinski definition) is 6. The Kier molecular flexibility index (Phi) is 10.2. The van der Waals surface area contributed by atoms with Gasteiger partial charge in [-0.05, 0) is 87.0 Å². The SMILES string of the molecule is CCOC(=O)C(CC(C)C)NCc1ccc(OC)c(-c2ccc(O)c3c2C[C@H]2C[C@H]4[C@H](N(C)C)C(=O)C(C(N)=O)=C(O)[C@@]4(O)C(=O)C2=C3O)c1. The summed E-state index contributed by atoms with van der Waals surface area (Å²) in [5.41, 5.74) is 4.12. The van der Waals surface area contributed by atoms with E-state index in [1.807, 2.05) is 26.0 Å². The van der Waals surface area contributed by atoms with Gasteiger partial charge in [0.2, 0.25) is 5.78 Å². The number of primary amides is 1. The van der Waals surface area contributed by atoms with Crippen LogP contribution in [0.25, 0.3) is 16.9 Å². The Morgan fingerprint density at radius 2 is 1.80 bits per heavy atom. The molecule has 0 aliphatic heterocycles. The molecule has 1 saturated carbocycles. The van der Waals surface area contributed by atoms with Crippen LogP contribution in [0.5, 0.6) is 11.5 Å². The molecule has 50 heavy (non-hydrogen) atoms. The fourth-order valence-corrected chi connectivity index (χ4v) is 7.79. The molecule has 0 spiro atoms. The Hall–Kier alpha value is -4.72. The average Bonchev–Trinajstić information content (AvgIpc) is 3.04. The third kappa shape index (κ3) is 6.03. The lowest BCUT2D eigenvalue weighted by Gasteiger charge is -2.50. The van der Waals surface area contributed by atoms with Crippen molar-refractivity contribution >= 4 is 29.2 Å². The van der Waals surface area contributed by atoms with E-state index in [-0.39, 0.29) is 48.2 Å². The van der Waals surface area contributed by atoms with Gasteiger partial charge in [-0.25, -0.2) is 0 Å². The lowest BCUT2D eigenvalue weighted by molar-refractivity contribution is -0.153. The Bertz CT molecular complexity index is 1810. The molecule has 7 N–H and O–H groups in total. The zero-order valence-electron chi connectivity index (χ0n) is 29.1. The first-order valence-corrected chi connectivity index (χ1v) is 16.6. The van der Waals surface area contributed by atoms with Gasteiger partial charge in [-0.15, -0.1) is 0 Å². The molecule has 0 radical (unpaired) electrons. The van der Waals surface area contributed by atoms with Crippen molar-refractivity contribution in [1.29, 1.82) is 0 Å². The van der Waals surface area contributed by atoms with Crippen LogP contribution in [0.15, 0.2) is 47.2 Å². The summed E-state index contributed by atoms with van der Waals surface area (Å²) in [7, 11) is 4.62. The van der Waals surface area contributed by atoms with Crippen molar-refractivity contribution in [3.63, 3.8) is 0 Å². The van der Waals surface area contributed by atoms with E-state index in [9.17, 15) is 39.6 Å². The van der Waals surface area contributed by atoms with E-state index in [2.05, 4.69) is 5.32 Å². The molecule has 13 nitrogen and oxygen atoms in total. The Morgan fingerprint density at radius 3 is 2.40 bits per heavy atom. The predicted molar refractivity (Wildman–Crippen MR) is 183 cm³/mol. The second kappa shape index (κ2) is 13.9. The van der Waals surface area contributed by atoms with Crippen LogP contribution in [-0.4, -0.2) is 94.3 Å². The highest BCUT2D eigenvalue weighted by Gasteiger charge is 2.64. The third-order valence-corrected chi connectivity index (χ3v) is 9.99. The van der Waals surface area contributed by atoms with E-state index in [1.54, 1.807) is 33.2 Å². The number of rotatable bonds is 11. The van der Waals surface area contributed by atoms with Crippen LogP contribution in [0.3, 0.4) is 0 Å². The lowest BCUT2D eigenvalue weighted by atomic mass is 9.57. The number of aromatic hydroxyl groups is 1. The van der Waals surface area contributed by atoms with Crippen molar-refractivity contribution in [2.24, 2.45) is 23.5 Å². The summed E-state index contributed by atoms with van der Waals surface area (Å²) in [4.78, 5) is 54.0. The molecule has 0 heterocycles. The number of likely N-dealkylation sites (N-methyl/N-ethyl adjacent to an activating group) is 1. The molecule has 1 amide bonds. The number of ketones is 2. The summed E-state index contributed by atoms with van der Waals surface area (Å²) in [6.07, 6.45) is 0.658. The summed E-state index contributed by atoms with van der Waals surface area (Å²) >= 11 is 0. The van der Waals surface area contributed by atoms with E-state index in [0.29, 0.717) is 35.4 Å². The Labute approximate surface area is 290 Å². The Balaban J connectivity index is 1.61. The highest BCUT2D eigenvalue weighted by atomic mass is 16.5. The zero-order chi connectivity index (χ0) is 36.8. The number of carbonyl (C=O) groups excluding carboxylic acids is 4. The number of nitrogens with one attached hydrogen (secondary N) is 1. The van der Waals surface area contributed by atoms with Gasteiger partial charge in [-0.3, -0.25) is 24.1 Å². The summed E-state index contributed by atoms with van der Waals surface area (Å²) in [6, 6.07) is 6.88. The number of esters is 1. The number of hydrogen-bond acceptors (Lipinski definition) is 12. The topological polar surface area (TPSA) is 209 Å². The molecule has 0 aromatic heterocycles. The van der Waals surface area contributed by atoms with Crippen molar-refractivity contribution in [2.75, 3.05) is 27.8 Å². The second-order valence-corrected chi connectivity index (χ2v) is 13.8. The number of Topliss-reactive ketones (excluding diaryl/α,β-unsaturated/α-hetero) is 2. The van der Waals surface area contributed by atoms with Gasteiger partial charge in [-0.1, -0.05) is 26.0 Å². The lowest BCUT2D eigenvalue weighted by Crippen LogP contribution is -2.65. The van der Waals surface area contributed by atoms with Crippen molar-refractivity contribution < 1.29 is 49.1 Å². The van der Waals surface area contributed by atoms with Crippen molar-refractivity contribution in [2.45, 2.75) is 64.3 Å². The fourth-order valence-electron chi connectivity index (χ4n) is 7.79. The number of carbonyl (C=O) groups is 4. The quantitative estimate of drug-likeness (QED) is 0.149. The highest BCUT2D eigenvalue weighted by molar-refractivity contribution is 6.24. The van der Waals surface area contributed by atoms with Crippen LogP contribution in [-0.2, 0) is 36.9 Å².